The van der Waals surface area contributed by atoms with Gasteiger partial charge >= 0.3 is 6.03 Å². The van der Waals surface area contributed by atoms with Crippen molar-refractivity contribution in [1.82, 2.24) is 15.0 Å². The molecule has 0 aliphatic rings. The van der Waals surface area contributed by atoms with Gasteiger partial charge in [-0.1, -0.05) is 42.5 Å². The Labute approximate surface area is 185 Å². The molecular formula is C24H22N6O2. The number of aryl methyl sites for hydroxylation is 2. The maximum Gasteiger partial charge on any atom is 0.323 e. The van der Waals surface area contributed by atoms with E-state index in [2.05, 4.69) is 26.1 Å². The lowest BCUT2D eigenvalue weighted by atomic mass is 10.1. The largest absolute Gasteiger partial charge is 0.323 e. The molecule has 1 aromatic heterocycles. The summed E-state index contributed by atoms with van der Waals surface area (Å²) >= 11 is 0. The van der Waals surface area contributed by atoms with Gasteiger partial charge in [-0.25, -0.2) is 4.79 Å². The Balaban J connectivity index is 1.48. The summed E-state index contributed by atoms with van der Waals surface area (Å²) in [4.78, 5) is 26.6. The molecule has 160 valence electrons. The predicted octanol–water partition coefficient (Wildman–Crippen LogP) is 4.78. The zero-order valence-corrected chi connectivity index (χ0v) is 17.7. The van der Waals surface area contributed by atoms with Crippen molar-refractivity contribution in [2.45, 2.75) is 13.8 Å². The average molecular weight is 426 g/mol. The standard InChI is InChI=1S/C24H22N6O2/c1-16-13-14-19(26-24(32)25-18-9-5-3-6-10-18)15-21(16)27-23(31)22-17(2)28-30(29-22)20-11-7-4-8-12-20/h3-15H,1-2H3,(H,27,31)(H2,25,26,32). The number of aromatic nitrogens is 3. The minimum absolute atomic E-state index is 0.230. The number of hydrogen-bond acceptors (Lipinski definition) is 4. The van der Waals surface area contributed by atoms with Crippen LogP contribution in [0.4, 0.5) is 21.9 Å². The summed E-state index contributed by atoms with van der Waals surface area (Å²) in [5.74, 6) is -0.376. The van der Waals surface area contributed by atoms with E-state index in [1.807, 2.05) is 61.5 Å². The van der Waals surface area contributed by atoms with Crippen LogP contribution in [0.3, 0.4) is 0 Å². The number of para-hydroxylation sites is 2. The molecule has 32 heavy (non-hydrogen) atoms. The number of amides is 3. The van der Waals surface area contributed by atoms with Gasteiger partial charge in [-0.15, -0.1) is 5.10 Å². The number of anilines is 3. The van der Waals surface area contributed by atoms with Crippen molar-refractivity contribution in [3.05, 3.63) is 95.8 Å². The smallest absolute Gasteiger partial charge is 0.320 e. The summed E-state index contributed by atoms with van der Waals surface area (Å²) in [7, 11) is 0. The number of nitrogens with zero attached hydrogens (tertiary/aromatic N) is 3. The van der Waals surface area contributed by atoms with Crippen LogP contribution in [-0.2, 0) is 0 Å². The molecule has 0 saturated carbocycles. The quantitative estimate of drug-likeness (QED) is 0.427. The van der Waals surface area contributed by atoms with Crippen LogP contribution in [-0.4, -0.2) is 26.9 Å². The van der Waals surface area contributed by atoms with Gasteiger partial charge in [-0.3, -0.25) is 4.79 Å². The van der Waals surface area contributed by atoms with Gasteiger partial charge in [0.15, 0.2) is 5.69 Å². The molecule has 0 radical (unpaired) electrons. The minimum atomic E-state index is -0.376. The van der Waals surface area contributed by atoms with E-state index >= 15 is 0 Å². The summed E-state index contributed by atoms with van der Waals surface area (Å²) in [5.41, 5.74) is 4.16. The molecule has 8 nitrogen and oxygen atoms in total. The average Bonchev–Trinajstić information content (AvgIpc) is 3.19. The number of hydrogen-bond donors (Lipinski definition) is 3. The van der Waals surface area contributed by atoms with Crippen molar-refractivity contribution in [3.63, 3.8) is 0 Å². The number of carbonyl (C=O) groups is 2. The minimum Gasteiger partial charge on any atom is -0.320 e. The maximum atomic E-state index is 12.9. The molecule has 3 N–H and O–H groups in total. The summed E-state index contributed by atoms with van der Waals surface area (Å²) in [6, 6.07) is 23.4. The number of urea groups is 1. The lowest BCUT2D eigenvalue weighted by Gasteiger charge is -2.12. The highest BCUT2D eigenvalue weighted by Crippen LogP contribution is 2.22. The van der Waals surface area contributed by atoms with Crippen LogP contribution in [0.15, 0.2) is 78.9 Å². The molecule has 0 unspecified atom stereocenters. The Morgan fingerprint density at radius 3 is 2.12 bits per heavy atom. The van der Waals surface area contributed by atoms with Crippen molar-refractivity contribution in [2.24, 2.45) is 0 Å². The Kier molecular flexibility index (Phi) is 5.94. The molecule has 0 fully saturated rings. The monoisotopic (exact) mass is 426 g/mol. The first-order valence-corrected chi connectivity index (χ1v) is 10.0. The second-order valence-corrected chi connectivity index (χ2v) is 7.19. The van der Waals surface area contributed by atoms with E-state index in [0.29, 0.717) is 22.8 Å². The van der Waals surface area contributed by atoms with E-state index < -0.39 is 0 Å². The van der Waals surface area contributed by atoms with Crippen molar-refractivity contribution >= 4 is 29.0 Å². The fourth-order valence-corrected chi connectivity index (χ4v) is 3.10. The van der Waals surface area contributed by atoms with E-state index in [9.17, 15) is 9.59 Å². The highest BCUT2D eigenvalue weighted by atomic mass is 16.2. The fourth-order valence-electron chi connectivity index (χ4n) is 3.10. The van der Waals surface area contributed by atoms with Crippen LogP contribution >= 0.6 is 0 Å². The van der Waals surface area contributed by atoms with Crippen LogP contribution in [0, 0.1) is 13.8 Å². The molecule has 0 aliphatic heterocycles. The Morgan fingerprint density at radius 1 is 0.750 bits per heavy atom. The van der Waals surface area contributed by atoms with Crippen LogP contribution < -0.4 is 16.0 Å². The first-order chi connectivity index (χ1) is 15.5. The fraction of sp³-hybridized carbons (Fsp3) is 0.0833. The zero-order valence-electron chi connectivity index (χ0n) is 17.7. The van der Waals surface area contributed by atoms with Crippen molar-refractivity contribution in [1.29, 1.82) is 0 Å². The number of carbonyl (C=O) groups excluding carboxylic acids is 2. The predicted molar refractivity (Wildman–Crippen MR) is 124 cm³/mol. The van der Waals surface area contributed by atoms with Crippen LogP contribution in [0.5, 0.6) is 0 Å². The molecule has 4 rings (SSSR count). The van der Waals surface area contributed by atoms with Crippen molar-refractivity contribution in [2.75, 3.05) is 16.0 Å². The van der Waals surface area contributed by atoms with E-state index in [0.717, 1.165) is 11.3 Å². The Hall–Kier alpha value is -4.46. The van der Waals surface area contributed by atoms with Crippen molar-refractivity contribution in [3.8, 4) is 5.69 Å². The lowest BCUT2D eigenvalue weighted by molar-refractivity contribution is 0.102. The third-order valence-corrected chi connectivity index (χ3v) is 4.76. The van der Waals surface area contributed by atoms with Crippen LogP contribution in [0.25, 0.3) is 5.69 Å². The molecular weight excluding hydrogens is 404 g/mol. The third-order valence-electron chi connectivity index (χ3n) is 4.76. The third kappa shape index (κ3) is 4.81. The highest BCUT2D eigenvalue weighted by molar-refractivity contribution is 6.05. The lowest BCUT2D eigenvalue weighted by Crippen LogP contribution is -2.20. The highest BCUT2D eigenvalue weighted by Gasteiger charge is 2.17. The molecule has 8 heteroatoms. The first kappa shape index (κ1) is 20.8. The number of nitrogens with one attached hydrogen (secondary N) is 3. The van der Waals surface area contributed by atoms with Gasteiger partial charge < -0.3 is 16.0 Å². The number of benzene rings is 3. The Bertz CT molecular complexity index is 1250. The molecule has 0 aliphatic carbocycles. The number of rotatable bonds is 5. The van der Waals surface area contributed by atoms with Crippen LogP contribution in [0.1, 0.15) is 21.7 Å². The summed E-state index contributed by atoms with van der Waals surface area (Å²) < 4.78 is 0. The summed E-state index contributed by atoms with van der Waals surface area (Å²) in [5, 5.41) is 17.1. The van der Waals surface area contributed by atoms with Gasteiger partial charge in [-0.05, 0) is 55.8 Å². The van der Waals surface area contributed by atoms with Crippen molar-refractivity contribution < 1.29 is 9.59 Å². The summed E-state index contributed by atoms with van der Waals surface area (Å²) in [6.45, 7) is 3.61. The van der Waals surface area contributed by atoms with Gasteiger partial charge in [-0.2, -0.15) is 9.90 Å². The van der Waals surface area contributed by atoms with Gasteiger partial charge in [0.25, 0.3) is 5.91 Å². The molecule has 0 atom stereocenters. The van der Waals surface area contributed by atoms with Gasteiger partial charge in [0.2, 0.25) is 0 Å². The van der Waals surface area contributed by atoms with Crippen LogP contribution in [0.2, 0.25) is 0 Å². The van der Waals surface area contributed by atoms with E-state index in [1.165, 1.54) is 4.80 Å². The van der Waals surface area contributed by atoms with Gasteiger partial charge in [0, 0.05) is 17.1 Å². The molecule has 0 saturated heterocycles. The maximum absolute atomic E-state index is 12.9. The Morgan fingerprint density at radius 2 is 1.41 bits per heavy atom. The topological polar surface area (TPSA) is 101 Å². The second-order valence-electron chi connectivity index (χ2n) is 7.19. The molecule has 3 aromatic carbocycles. The molecule has 4 aromatic rings. The van der Waals surface area contributed by atoms with E-state index in [4.69, 9.17) is 0 Å². The van der Waals surface area contributed by atoms with Gasteiger partial charge in [0.1, 0.15) is 0 Å². The van der Waals surface area contributed by atoms with E-state index in [1.54, 1.807) is 31.2 Å². The molecule has 1 heterocycles. The van der Waals surface area contributed by atoms with Gasteiger partial charge in [0.05, 0.1) is 11.4 Å². The molecule has 0 spiro atoms. The molecule has 0 bridgehead atoms. The SMILES string of the molecule is Cc1ccc(NC(=O)Nc2ccccc2)cc1NC(=O)c1nn(-c2ccccc2)nc1C. The summed E-state index contributed by atoms with van der Waals surface area (Å²) in [6.07, 6.45) is 0. The normalized spacial score (nSPS) is 10.4. The molecule has 3 amide bonds. The second kappa shape index (κ2) is 9.13. The zero-order chi connectivity index (χ0) is 22.5. The van der Waals surface area contributed by atoms with E-state index in [-0.39, 0.29) is 17.6 Å². The first-order valence-electron chi connectivity index (χ1n) is 10.0.